The zero-order chi connectivity index (χ0) is 22.5. The molecule has 1 aromatic heterocycles. The standard InChI is InChI=1S/C22H23ClN4O3S2/c1-2-20(28)24-15-3-5-17-19(12-15)32-22(26-17)31-13-21(29)25-14-4-6-18(16(23)11-14)27-7-9-30-10-8-27/h3-6,11-12H,2,7-10,13H2,1H3,(H,24,28)(H,25,29). The van der Waals surface area contributed by atoms with Crippen LogP contribution in [0.4, 0.5) is 17.1 Å². The highest BCUT2D eigenvalue weighted by Crippen LogP contribution is 2.32. The van der Waals surface area contributed by atoms with Crippen molar-refractivity contribution < 1.29 is 14.3 Å². The van der Waals surface area contributed by atoms with E-state index in [0.29, 0.717) is 30.3 Å². The molecule has 0 atom stereocenters. The van der Waals surface area contributed by atoms with E-state index in [4.69, 9.17) is 16.3 Å². The average molecular weight is 491 g/mol. The number of hydrogen-bond acceptors (Lipinski definition) is 7. The van der Waals surface area contributed by atoms with Gasteiger partial charge in [-0.1, -0.05) is 30.3 Å². The van der Waals surface area contributed by atoms with Crippen LogP contribution >= 0.6 is 34.7 Å². The number of amides is 2. The Morgan fingerprint density at radius 1 is 1.12 bits per heavy atom. The normalized spacial score (nSPS) is 13.9. The van der Waals surface area contributed by atoms with Crippen LogP contribution in [-0.4, -0.2) is 48.9 Å². The Hall–Kier alpha value is -2.33. The molecule has 0 aliphatic carbocycles. The van der Waals surface area contributed by atoms with Crippen LogP contribution < -0.4 is 15.5 Å². The van der Waals surface area contributed by atoms with Crippen molar-refractivity contribution in [2.24, 2.45) is 0 Å². The van der Waals surface area contributed by atoms with E-state index in [1.54, 1.807) is 6.07 Å². The summed E-state index contributed by atoms with van der Waals surface area (Å²) in [6, 6.07) is 11.2. The van der Waals surface area contributed by atoms with Gasteiger partial charge in [0.05, 0.1) is 39.9 Å². The van der Waals surface area contributed by atoms with Crippen LogP contribution in [0.1, 0.15) is 13.3 Å². The van der Waals surface area contributed by atoms with Gasteiger partial charge < -0.3 is 20.3 Å². The minimum atomic E-state index is -0.125. The number of thiazole rings is 1. The third-order valence-corrected chi connectivity index (χ3v) is 7.35. The molecule has 2 heterocycles. The van der Waals surface area contributed by atoms with E-state index >= 15 is 0 Å². The zero-order valence-electron chi connectivity index (χ0n) is 17.5. The van der Waals surface area contributed by atoms with Crippen molar-refractivity contribution >= 4 is 73.8 Å². The number of nitrogens with zero attached hydrogens (tertiary/aromatic N) is 2. The quantitative estimate of drug-likeness (QED) is 0.460. The van der Waals surface area contributed by atoms with E-state index in [1.165, 1.54) is 23.1 Å². The second-order valence-corrected chi connectivity index (χ2v) is 9.83. The minimum Gasteiger partial charge on any atom is -0.378 e. The van der Waals surface area contributed by atoms with Gasteiger partial charge in [-0.05, 0) is 36.4 Å². The van der Waals surface area contributed by atoms with E-state index in [0.717, 1.165) is 39.0 Å². The van der Waals surface area contributed by atoms with Crippen LogP contribution in [0.5, 0.6) is 0 Å². The maximum atomic E-state index is 12.4. The molecule has 4 rings (SSSR count). The number of nitrogens with one attached hydrogen (secondary N) is 2. The van der Waals surface area contributed by atoms with Crippen LogP contribution in [0.3, 0.4) is 0 Å². The molecular formula is C22H23ClN4O3S2. The largest absolute Gasteiger partial charge is 0.378 e. The monoisotopic (exact) mass is 490 g/mol. The van der Waals surface area contributed by atoms with Crippen molar-refractivity contribution in [2.75, 3.05) is 47.6 Å². The summed E-state index contributed by atoms with van der Waals surface area (Å²) in [6.45, 7) is 4.79. The summed E-state index contributed by atoms with van der Waals surface area (Å²) in [6.07, 6.45) is 0.429. The summed E-state index contributed by atoms with van der Waals surface area (Å²) in [5, 5.41) is 6.35. The molecule has 0 saturated carbocycles. The number of fused-ring (bicyclic) bond motifs is 1. The Balaban J connectivity index is 1.34. The summed E-state index contributed by atoms with van der Waals surface area (Å²) >= 11 is 9.32. The van der Waals surface area contributed by atoms with Gasteiger partial charge in [0.15, 0.2) is 4.34 Å². The van der Waals surface area contributed by atoms with Crippen molar-refractivity contribution in [3.05, 3.63) is 41.4 Å². The Morgan fingerprint density at radius 2 is 1.84 bits per heavy atom. The number of carbonyl (C=O) groups excluding carboxylic acids is 2. The van der Waals surface area contributed by atoms with Gasteiger partial charge in [-0.25, -0.2) is 4.98 Å². The molecule has 7 nitrogen and oxygen atoms in total. The number of carbonyl (C=O) groups is 2. The number of thioether (sulfide) groups is 1. The molecular weight excluding hydrogens is 468 g/mol. The van der Waals surface area contributed by atoms with Gasteiger partial charge >= 0.3 is 0 Å². The first-order valence-electron chi connectivity index (χ1n) is 10.3. The molecule has 0 radical (unpaired) electrons. The predicted molar refractivity (Wildman–Crippen MR) is 132 cm³/mol. The lowest BCUT2D eigenvalue weighted by Crippen LogP contribution is -2.36. The minimum absolute atomic E-state index is 0.0294. The van der Waals surface area contributed by atoms with Crippen molar-refractivity contribution in [3.63, 3.8) is 0 Å². The Morgan fingerprint density at radius 3 is 2.59 bits per heavy atom. The van der Waals surface area contributed by atoms with Crippen molar-refractivity contribution in [2.45, 2.75) is 17.7 Å². The number of ether oxygens (including phenoxy) is 1. The number of rotatable bonds is 7. The highest BCUT2D eigenvalue weighted by Gasteiger charge is 2.15. The molecule has 32 heavy (non-hydrogen) atoms. The third-order valence-electron chi connectivity index (χ3n) is 4.88. The highest BCUT2D eigenvalue weighted by molar-refractivity contribution is 8.01. The average Bonchev–Trinajstić information content (AvgIpc) is 3.20. The molecule has 2 aromatic carbocycles. The van der Waals surface area contributed by atoms with E-state index in [9.17, 15) is 9.59 Å². The van der Waals surface area contributed by atoms with Gasteiger partial charge in [0.25, 0.3) is 0 Å². The van der Waals surface area contributed by atoms with E-state index in [1.807, 2.05) is 37.3 Å². The molecule has 1 aliphatic rings. The highest BCUT2D eigenvalue weighted by atomic mass is 35.5. The topological polar surface area (TPSA) is 83.6 Å². The molecule has 2 amide bonds. The fourth-order valence-electron chi connectivity index (χ4n) is 3.26. The summed E-state index contributed by atoms with van der Waals surface area (Å²) in [7, 11) is 0. The number of anilines is 3. The molecule has 0 unspecified atom stereocenters. The molecule has 0 spiro atoms. The second kappa shape index (κ2) is 10.5. The first-order chi connectivity index (χ1) is 15.5. The lowest BCUT2D eigenvalue weighted by Gasteiger charge is -2.29. The lowest BCUT2D eigenvalue weighted by atomic mass is 10.2. The van der Waals surface area contributed by atoms with Gasteiger partial charge in [-0.15, -0.1) is 11.3 Å². The number of benzene rings is 2. The summed E-state index contributed by atoms with van der Waals surface area (Å²) in [5.41, 5.74) is 3.21. The van der Waals surface area contributed by atoms with Gasteiger partial charge in [-0.2, -0.15) is 0 Å². The molecule has 1 aliphatic heterocycles. The third kappa shape index (κ3) is 5.72. The number of morpholine rings is 1. The molecule has 10 heteroatoms. The van der Waals surface area contributed by atoms with Gasteiger partial charge in [0.1, 0.15) is 0 Å². The molecule has 168 valence electrons. The first kappa shape index (κ1) is 22.8. The maximum absolute atomic E-state index is 12.4. The number of halogens is 1. The lowest BCUT2D eigenvalue weighted by molar-refractivity contribution is -0.116. The van der Waals surface area contributed by atoms with Crippen LogP contribution in [0, 0.1) is 0 Å². The van der Waals surface area contributed by atoms with Crippen molar-refractivity contribution in [1.82, 2.24) is 4.98 Å². The number of hydrogen-bond donors (Lipinski definition) is 2. The molecule has 0 bridgehead atoms. The molecule has 1 fully saturated rings. The van der Waals surface area contributed by atoms with Crippen LogP contribution in [-0.2, 0) is 14.3 Å². The smallest absolute Gasteiger partial charge is 0.234 e. The van der Waals surface area contributed by atoms with E-state index in [-0.39, 0.29) is 17.6 Å². The predicted octanol–water partition coefficient (Wildman–Crippen LogP) is 4.87. The SMILES string of the molecule is CCC(=O)Nc1ccc2nc(SCC(=O)Nc3ccc(N4CCOCC4)c(Cl)c3)sc2c1. The molecule has 3 aromatic rings. The van der Waals surface area contributed by atoms with Crippen molar-refractivity contribution in [3.8, 4) is 0 Å². The summed E-state index contributed by atoms with van der Waals surface area (Å²) in [5.74, 6) is 0.0841. The van der Waals surface area contributed by atoms with E-state index in [2.05, 4.69) is 20.5 Å². The zero-order valence-corrected chi connectivity index (χ0v) is 19.9. The number of aromatic nitrogens is 1. The maximum Gasteiger partial charge on any atom is 0.234 e. The van der Waals surface area contributed by atoms with Crippen LogP contribution in [0.25, 0.3) is 10.2 Å². The Labute approximate surface area is 199 Å². The fourth-order valence-corrected chi connectivity index (χ4v) is 5.47. The van der Waals surface area contributed by atoms with Gasteiger partial charge in [0, 0.05) is 30.9 Å². The molecule has 2 N–H and O–H groups in total. The van der Waals surface area contributed by atoms with Gasteiger partial charge in [-0.3, -0.25) is 9.59 Å². The summed E-state index contributed by atoms with van der Waals surface area (Å²) < 4.78 is 7.15. The second-order valence-electron chi connectivity index (χ2n) is 7.17. The van der Waals surface area contributed by atoms with E-state index < -0.39 is 0 Å². The first-order valence-corrected chi connectivity index (χ1v) is 12.4. The molecule has 1 saturated heterocycles. The van der Waals surface area contributed by atoms with Crippen molar-refractivity contribution in [1.29, 1.82) is 0 Å². The Kier molecular flexibility index (Phi) is 7.51. The van der Waals surface area contributed by atoms with Gasteiger partial charge in [0.2, 0.25) is 11.8 Å². The summed E-state index contributed by atoms with van der Waals surface area (Å²) in [4.78, 5) is 30.8. The Bertz CT molecular complexity index is 1130. The fraction of sp³-hybridized carbons (Fsp3) is 0.318. The van der Waals surface area contributed by atoms with Crippen LogP contribution in [0.15, 0.2) is 40.7 Å². The van der Waals surface area contributed by atoms with Crippen LogP contribution in [0.2, 0.25) is 5.02 Å².